The Morgan fingerprint density at radius 3 is 2.61 bits per heavy atom. The Labute approximate surface area is 102 Å². The van der Waals surface area contributed by atoms with E-state index in [1.165, 1.54) is 22.6 Å². The van der Waals surface area contributed by atoms with Crippen molar-refractivity contribution in [3.8, 4) is 11.3 Å². The smallest absolute Gasteiger partial charge is 0.258 e. The second-order valence-electron chi connectivity index (χ2n) is 3.92. The summed E-state index contributed by atoms with van der Waals surface area (Å²) in [5.41, 5.74) is 1.69. The Bertz CT molecular complexity index is 763. The van der Waals surface area contributed by atoms with Crippen LogP contribution in [0.1, 0.15) is 0 Å². The van der Waals surface area contributed by atoms with Gasteiger partial charge in [0, 0.05) is 17.8 Å². The van der Waals surface area contributed by atoms with Gasteiger partial charge in [0.1, 0.15) is 11.5 Å². The first-order chi connectivity index (χ1) is 8.74. The van der Waals surface area contributed by atoms with Crippen LogP contribution in [0.3, 0.4) is 0 Å². The Morgan fingerprint density at radius 2 is 1.83 bits per heavy atom. The molecule has 0 atom stereocenters. The zero-order valence-electron chi connectivity index (χ0n) is 9.38. The zero-order chi connectivity index (χ0) is 12.5. The van der Waals surface area contributed by atoms with E-state index in [9.17, 15) is 9.18 Å². The van der Waals surface area contributed by atoms with Gasteiger partial charge in [-0.05, 0) is 36.4 Å². The fraction of sp³-hybridized carbons (Fsp3) is 0. The van der Waals surface area contributed by atoms with Gasteiger partial charge in [0.15, 0.2) is 0 Å². The summed E-state index contributed by atoms with van der Waals surface area (Å²) in [5, 5.41) is 0. The monoisotopic (exact) mass is 240 g/mol. The standard InChI is InChI=1S/C14H9FN2O/c15-11-6-4-10(5-7-11)12-9-14(18)17-8-2-1-3-13(17)16-12/h1-9H. The van der Waals surface area contributed by atoms with Gasteiger partial charge in [-0.15, -0.1) is 0 Å². The summed E-state index contributed by atoms with van der Waals surface area (Å²) in [5.74, 6) is -0.309. The van der Waals surface area contributed by atoms with E-state index in [-0.39, 0.29) is 11.4 Å². The van der Waals surface area contributed by atoms with Gasteiger partial charge < -0.3 is 0 Å². The topological polar surface area (TPSA) is 34.4 Å². The minimum absolute atomic E-state index is 0.153. The maximum Gasteiger partial charge on any atom is 0.258 e. The average molecular weight is 240 g/mol. The molecule has 0 saturated carbocycles. The number of nitrogens with zero attached hydrogens (tertiary/aromatic N) is 2. The highest BCUT2D eigenvalue weighted by Crippen LogP contribution is 2.16. The Kier molecular flexibility index (Phi) is 2.41. The van der Waals surface area contributed by atoms with Crippen LogP contribution in [-0.2, 0) is 0 Å². The largest absolute Gasteiger partial charge is 0.269 e. The van der Waals surface area contributed by atoms with Crippen molar-refractivity contribution in [3.63, 3.8) is 0 Å². The van der Waals surface area contributed by atoms with E-state index >= 15 is 0 Å². The van der Waals surface area contributed by atoms with E-state index in [0.29, 0.717) is 11.3 Å². The van der Waals surface area contributed by atoms with Crippen LogP contribution < -0.4 is 5.56 Å². The normalized spacial score (nSPS) is 10.7. The molecule has 0 aliphatic heterocycles. The average Bonchev–Trinajstić information content (AvgIpc) is 2.39. The van der Waals surface area contributed by atoms with Crippen molar-refractivity contribution in [1.82, 2.24) is 9.38 Å². The lowest BCUT2D eigenvalue weighted by molar-refractivity contribution is 0.628. The molecule has 0 bridgehead atoms. The molecule has 0 aliphatic rings. The van der Waals surface area contributed by atoms with Crippen molar-refractivity contribution in [2.75, 3.05) is 0 Å². The van der Waals surface area contributed by atoms with Crippen LogP contribution >= 0.6 is 0 Å². The van der Waals surface area contributed by atoms with Gasteiger partial charge in [-0.2, -0.15) is 0 Å². The summed E-state index contributed by atoms with van der Waals surface area (Å²) >= 11 is 0. The van der Waals surface area contributed by atoms with Crippen LogP contribution in [0.5, 0.6) is 0 Å². The molecule has 3 aromatic rings. The molecule has 1 aromatic carbocycles. The highest BCUT2D eigenvalue weighted by molar-refractivity contribution is 5.61. The van der Waals surface area contributed by atoms with E-state index in [4.69, 9.17) is 0 Å². The molecule has 4 heteroatoms. The molecule has 0 N–H and O–H groups in total. The molecule has 3 nitrogen and oxygen atoms in total. The lowest BCUT2D eigenvalue weighted by Crippen LogP contribution is -2.13. The molecule has 0 saturated heterocycles. The summed E-state index contributed by atoms with van der Waals surface area (Å²) in [6, 6.07) is 12.7. The third-order valence-electron chi connectivity index (χ3n) is 2.71. The predicted molar refractivity (Wildman–Crippen MR) is 66.9 cm³/mol. The summed E-state index contributed by atoms with van der Waals surface area (Å²) in [6.45, 7) is 0. The van der Waals surface area contributed by atoms with Gasteiger partial charge in [0.05, 0.1) is 5.69 Å². The molecule has 0 aliphatic carbocycles. The molecule has 0 unspecified atom stereocenters. The maximum atomic E-state index is 12.8. The van der Waals surface area contributed by atoms with E-state index in [2.05, 4.69) is 4.98 Å². The van der Waals surface area contributed by atoms with E-state index in [0.717, 1.165) is 5.56 Å². The fourth-order valence-electron chi connectivity index (χ4n) is 1.82. The molecule has 18 heavy (non-hydrogen) atoms. The van der Waals surface area contributed by atoms with E-state index in [1.807, 2.05) is 6.07 Å². The van der Waals surface area contributed by atoms with Crippen LogP contribution in [0.25, 0.3) is 16.9 Å². The van der Waals surface area contributed by atoms with Gasteiger partial charge in [-0.25, -0.2) is 9.37 Å². The molecule has 2 heterocycles. The minimum Gasteiger partial charge on any atom is -0.269 e. The molecule has 0 spiro atoms. The zero-order valence-corrected chi connectivity index (χ0v) is 9.38. The van der Waals surface area contributed by atoms with Crippen LogP contribution in [0, 0.1) is 5.82 Å². The highest BCUT2D eigenvalue weighted by atomic mass is 19.1. The van der Waals surface area contributed by atoms with Crippen molar-refractivity contribution >= 4 is 5.65 Å². The van der Waals surface area contributed by atoms with Crippen LogP contribution in [0.2, 0.25) is 0 Å². The molecule has 2 aromatic heterocycles. The Hall–Kier alpha value is -2.49. The third kappa shape index (κ3) is 1.78. The van der Waals surface area contributed by atoms with Crippen molar-refractivity contribution in [2.45, 2.75) is 0 Å². The fourth-order valence-corrected chi connectivity index (χ4v) is 1.82. The van der Waals surface area contributed by atoms with Gasteiger partial charge in [0.25, 0.3) is 5.56 Å². The number of benzene rings is 1. The number of pyridine rings is 1. The Morgan fingerprint density at radius 1 is 1.06 bits per heavy atom. The predicted octanol–water partition coefficient (Wildman–Crippen LogP) is 2.50. The number of hydrogen-bond donors (Lipinski definition) is 0. The van der Waals surface area contributed by atoms with Crippen molar-refractivity contribution < 1.29 is 4.39 Å². The molecule has 88 valence electrons. The summed E-state index contributed by atoms with van der Waals surface area (Å²) in [6.07, 6.45) is 1.67. The minimum atomic E-state index is -0.309. The molecule has 0 amide bonds. The summed E-state index contributed by atoms with van der Waals surface area (Å²) in [4.78, 5) is 16.3. The molecule has 0 fully saturated rings. The maximum absolute atomic E-state index is 12.8. The number of hydrogen-bond acceptors (Lipinski definition) is 2. The molecule has 3 rings (SSSR count). The lowest BCUT2D eigenvalue weighted by Gasteiger charge is -2.03. The molecular weight excluding hydrogens is 231 g/mol. The van der Waals surface area contributed by atoms with Gasteiger partial charge in [-0.1, -0.05) is 6.07 Å². The van der Waals surface area contributed by atoms with E-state index < -0.39 is 0 Å². The summed E-state index contributed by atoms with van der Waals surface area (Å²) in [7, 11) is 0. The Balaban J connectivity index is 2.24. The van der Waals surface area contributed by atoms with Crippen LogP contribution in [0.4, 0.5) is 4.39 Å². The first-order valence-corrected chi connectivity index (χ1v) is 5.48. The first-order valence-electron chi connectivity index (χ1n) is 5.48. The van der Waals surface area contributed by atoms with Gasteiger partial charge >= 0.3 is 0 Å². The highest BCUT2D eigenvalue weighted by Gasteiger charge is 2.04. The number of fused-ring (bicyclic) bond motifs is 1. The van der Waals surface area contributed by atoms with Gasteiger partial charge in [0.2, 0.25) is 0 Å². The van der Waals surface area contributed by atoms with Crippen molar-refractivity contribution in [2.24, 2.45) is 0 Å². The van der Waals surface area contributed by atoms with Crippen LogP contribution in [-0.4, -0.2) is 9.38 Å². The molecule has 0 radical (unpaired) electrons. The SMILES string of the molecule is O=c1cc(-c2ccc(F)cc2)nc2ccccn12. The summed E-state index contributed by atoms with van der Waals surface area (Å²) < 4.78 is 14.3. The molecular formula is C14H9FN2O. The van der Waals surface area contributed by atoms with Gasteiger partial charge in [-0.3, -0.25) is 9.20 Å². The second kappa shape index (κ2) is 4.07. The number of rotatable bonds is 1. The van der Waals surface area contributed by atoms with Crippen molar-refractivity contribution in [1.29, 1.82) is 0 Å². The number of aromatic nitrogens is 2. The third-order valence-corrected chi connectivity index (χ3v) is 2.71. The lowest BCUT2D eigenvalue weighted by atomic mass is 10.1. The van der Waals surface area contributed by atoms with E-state index in [1.54, 1.807) is 30.5 Å². The number of halogens is 1. The van der Waals surface area contributed by atoms with Crippen molar-refractivity contribution in [3.05, 3.63) is 70.9 Å². The quantitative estimate of drug-likeness (QED) is 0.655. The van der Waals surface area contributed by atoms with Crippen LogP contribution in [0.15, 0.2) is 59.5 Å². The first kappa shape index (κ1) is 10.7. The second-order valence-corrected chi connectivity index (χ2v) is 3.92.